The zero-order valence-corrected chi connectivity index (χ0v) is 20.2. The summed E-state index contributed by atoms with van der Waals surface area (Å²) in [7, 11) is 1.33. The highest BCUT2D eigenvalue weighted by Gasteiger charge is 2.45. The van der Waals surface area contributed by atoms with Gasteiger partial charge in [0.15, 0.2) is 0 Å². The van der Waals surface area contributed by atoms with Gasteiger partial charge in [0.05, 0.1) is 42.6 Å². The summed E-state index contributed by atoms with van der Waals surface area (Å²) in [6, 6.07) is 10.1. The van der Waals surface area contributed by atoms with Gasteiger partial charge in [0.25, 0.3) is 5.91 Å². The average molecular weight is 493 g/mol. The third-order valence-corrected chi connectivity index (χ3v) is 6.94. The topological polar surface area (TPSA) is 123 Å². The molecular formula is C26H28N4O6. The zero-order valence-electron chi connectivity index (χ0n) is 20.2. The van der Waals surface area contributed by atoms with E-state index in [0.717, 1.165) is 5.39 Å². The lowest BCUT2D eigenvalue weighted by molar-refractivity contribution is -0.0233. The molecule has 188 valence electrons. The van der Waals surface area contributed by atoms with Crippen LogP contribution in [-0.2, 0) is 9.47 Å². The number of likely N-dealkylation sites (tertiary alicyclic amines) is 1. The Morgan fingerprint density at radius 1 is 1.22 bits per heavy atom. The van der Waals surface area contributed by atoms with Gasteiger partial charge in [-0.25, -0.2) is 9.59 Å². The molecular weight excluding hydrogens is 464 g/mol. The molecule has 1 spiro atoms. The minimum atomic E-state index is -0.569. The molecule has 0 bridgehead atoms. The first kappa shape index (κ1) is 23.7. The number of carbonyl (C=O) groups is 3. The van der Waals surface area contributed by atoms with E-state index in [9.17, 15) is 14.4 Å². The number of para-hydroxylation sites is 1. The van der Waals surface area contributed by atoms with Crippen LogP contribution in [0.25, 0.3) is 10.9 Å². The second-order valence-corrected chi connectivity index (χ2v) is 9.09. The quantitative estimate of drug-likeness (QED) is 0.534. The summed E-state index contributed by atoms with van der Waals surface area (Å²) in [6.07, 6.45) is 3.01. The van der Waals surface area contributed by atoms with Gasteiger partial charge in [-0.3, -0.25) is 9.89 Å². The normalized spacial score (nSPS) is 18.3. The van der Waals surface area contributed by atoms with Crippen LogP contribution in [0.1, 0.15) is 58.5 Å². The molecule has 3 aromatic rings. The number of benzene rings is 2. The number of aromatic amines is 1. The number of nitrogens with one attached hydrogen (secondary N) is 2. The molecule has 0 saturated carbocycles. The molecule has 3 heterocycles. The van der Waals surface area contributed by atoms with Gasteiger partial charge in [0.1, 0.15) is 11.4 Å². The second-order valence-electron chi connectivity index (χ2n) is 9.09. The Morgan fingerprint density at radius 3 is 2.78 bits per heavy atom. The Bertz CT molecular complexity index is 1310. The van der Waals surface area contributed by atoms with Crippen molar-refractivity contribution in [3.63, 3.8) is 0 Å². The van der Waals surface area contributed by atoms with Gasteiger partial charge >= 0.3 is 12.1 Å². The second kappa shape index (κ2) is 9.52. The number of hydrogen-bond acceptors (Lipinski definition) is 7. The number of rotatable bonds is 4. The van der Waals surface area contributed by atoms with Crippen LogP contribution >= 0.6 is 0 Å². The van der Waals surface area contributed by atoms with E-state index in [0.29, 0.717) is 66.9 Å². The Labute approximate surface area is 207 Å². The molecule has 10 heteroatoms. The first-order valence-electron chi connectivity index (χ1n) is 12.0. The van der Waals surface area contributed by atoms with Crippen molar-refractivity contribution in [1.29, 1.82) is 0 Å². The number of ether oxygens (including phenoxy) is 3. The van der Waals surface area contributed by atoms with Crippen molar-refractivity contribution in [2.45, 2.75) is 37.8 Å². The van der Waals surface area contributed by atoms with E-state index in [-0.39, 0.29) is 12.0 Å². The summed E-state index contributed by atoms with van der Waals surface area (Å²) < 4.78 is 16.5. The predicted octanol–water partition coefficient (Wildman–Crippen LogP) is 3.59. The predicted molar refractivity (Wildman–Crippen MR) is 130 cm³/mol. The van der Waals surface area contributed by atoms with Crippen molar-refractivity contribution in [1.82, 2.24) is 20.4 Å². The lowest BCUT2D eigenvalue weighted by Gasteiger charge is -2.46. The van der Waals surface area contributed by atoms with Gasteiger partial charge in [-0.15, -0.1) is 0 Å². The van der Waals surface area contributed by atoms with Crippen molar-refractivity contribution in [3.05, 3.63) is 59.3 Å². The fourth-order valence-corrected chi connectivity index (χ4v) is 5.06. The van der Waals surface area contributed by atoms with Gasteiger partial charge in [0, 0.05) is 43.3 Å². The number of hydrogen-bond donors (Lipinski definition) is 2. The standard InChI is InChI=1S/C26H28N4O6/c1-3-35-25(33)30-11-9-26(10-12-30)14-20(19-13-16(24(32)34-2)7-8-21(19)36-26)28-23(31)18-6-4-5-17-15-27-29-22(17)18/h4-8,13,15,20H,3,9-12,14H2,1-2H3,(H,27,29)(H,28,31). The molecule has 1 fully saturated rings. The van der Waals surface area contributed by atoms with Gasteiger partial charge in [-0.2, -0.15) is 5.10 Å². The molecule has 2 aromatic carbocycles. The highest BCUT2D eigenvalue weighted by molar-refractivity contribution is 6.05. The van der Waals surface area contributed by atoms with Crippen LogP contribution in [0.5, 0.6) is 5.75 Å². The van der Waals surface area contributed by atoms with Crippen LogP contribution in [0.15, 0.2) is 42.6 Å². The minimum absolute atomic E-state index is 0.259. The first-order valence-corrected chi connectivity index (χ1v) is 12.0. The molecule has 2 aliphatic heterocycles. The maximum atomic E-state index is 13.4. The molecule has 0 aliphatic carbocycles. The van der Waals surface area contributed by atoms with Crippen LogP contribution in [0, 0.1) is 0 Å². The van der Waals surface area contributed by atoms with Gasteiger partial charge in [0.2, 0.25) is 0 Å². The lowest BCUT2D eigenvalue weighted by atomic mass is 9.80. The number of amides is 2. The first-order chi connectivity index (χ1) is 17.4. The van der Waals surface area contributed by atoms with E-state index >= 15 is 0 Å². The highest BCUT2D eigenvalue weighted by atomic mass is 16.6. The zero-order chi connectivity index (χ0) is 25.3. The van der Waals surface area contributed by atoms with Crippen molar-refractivity contribution in [3.8, 4) is 5.75 Å². The van der Waals surface area contributed by atoms with Gasteiger partial charge < -0.3 is 24.4 Å². The van der Waals surface area contributed by atoms with Crippen molar-refractivity contribution in [2.24, 2.45) is 0 Å². The molecule has 2 N–H and O–H groups in total. The van der Waals surface area contributed by atoms with Crippen LogP contribution in [0.2, 0.25) is 0 Å². The number of esters is 1. The van der Waals surface area contributed by atoms with Crippen molar-refractivity contribution < 1.29 is 28.6 Å². The summed E-state index contributed by atoms with van der Waals surface area (Å²) in [5, 5.41) is 10.9. The SMILES string of the molecule is CCOC(=O)N1CCC2(CC1)CC(NC(=O)c1cccc3cn[nH]c13)c1cc(C(=O)OC)ccc1O2. The highest BCUT2D eigenvalue weighted by Crippen LogP contribution is 2.45. The number of methoxy groups -OCH3 is 1. The molecule has 0 radical (unpaired) electrons. The van der Waals surface area contributed by atoms with Crippen LogP contribution < -0.4 is 10.1 Å². The molecule has 1 aromatic heterocycles. The maximum Gasteiger partial charge on any atom is 0.409 e. The number of carbonyl (C=O) groups excluding carboxylic acids is 3. The fraction of sp³-hybridized carbons (Fsp3) is 0.385. The van der Waals surface area contributed by atoms with Crippen molar-refractivity contribution >= 4 is 28.9 Å². The van der Waals surface area contributed by atoms with E-state index in [1.165, 1.54) is 7.11 Å². The Balaban J connectivity index is 1.45. The molecule has 10 nitrogen and oxygen atoms in total. The number of piperidine rings is 1. The van der Waals surface area contributed by atoms with Crippen LogP contribution in [-0.4, -0.2) is 65.5 Å². The van der Waals surface area contributed by atoms with E-state index in [1.54, 1.807) is 42.3 Å². The Morgan fingerprint density at radius 2 is 2.03 bits per heavy atom. The molecule has 1 saturated heterocycles. The molecule has 36 heavy (non-hydrogen) atoms. The smallest absolute Gasteiger partial charge is 0.409 e. The van der Waals surface area contributed by atoms with E-state index in [2.05, 4.69) is 15.5 Å². The number of fused-ring (bicyclic) bond motifs is 2. The van der Waals surface area contributed by atoms with Crippen LogP contribution in [0.3, 0.4) is 0 Å². The summed E-state index contributed by atoms with van der Waals surface area (Å²) in [5.41, 5.74) is 1.65. The molecule has 2 aliphatic rings. The fourth-order valence-electron chi connectivity index (χ4n) is 5.06. The minimum Gasteiger partial charge on any atom is -0.487 e. The van der Waals surface area contributed by atoms with Gasteiger partial charge in [-0.1, -0.05) is 12.1 Å². The van der Waals surface area contributed by atoms with E-state index in [1.807, 2.05) is 12.1 Å². The summed E-state index contributed by atoms with van der Waals surface area (Å²) in [6.45, 7) is 3.08. The third kappa shape index (κ3) is 4.34. The summed E-state index contributed by atoms with van der Waals surface area (Å²) in [5.74, 6) is -0.123. The van der Waals surface area contributed by atoms with Crippen LogP contribution in [0.4, 0.5) is 4.79 Å². The van der Waals surface area contributed by atoms with Gasteiger partial charge in [-0.05, 0) is 31.2 Å². The average Bonchev–Trinajstić information content (AvgIpc) is 3.37. The molecule has 2 amide bonds. The maximum absolute atomic E-state index is 13.4. The number of H-pyrrole nitrogens is 1. The largest absolute Gasteiger partial charge is 0.487 e. The Hall–Kier alpha value is -4.08. The summed E-state index contributed by atoms with van der Waals surface area (Å²) >= 11 is 0. The van der Waals surface area contributed by atoms with E-state index in [4.69, 9.17) is 14.2 Å². The monoisotopic (exact) mass is 492 g/mol. The van der Waals surface area contributed by atoms with E-state index < -0.39 is 17.6 Å². The Kier molecular flexibility index (Phi) is 6.26. The molecule has 1 unspecified atom stereocenters. The molecule has 5 rings (SSSR count). The molecule has 1 atom stereocenters. The van der Waals surface area contributed by atoms with Crippen molar-refractivity contribution in [2.75, 3.05) is 26.8 Å². The number of aromatic nitrogens is 2. The number of nitrogens with zero attached hydrogens (tertiary/aromatic N) is 2. The summed E-state index contributed by atoms with van der Waals surface area (Å²) in [4.78, 5) is 39.5. The third-order valence-electron chi connectivity index (χ3n) is 6.94. The lowest BCUT2D eigenvalue weighted by Crippen LogP contribution is -2.53.